The molecule has 5 heteroatoms. The highest BCUT2D eigenvalue weighted by Crippen LogP contribution is 2.10. The van der Waals surface area contributed by atoms with Gasteiger partial charge < -0.3 is 9.84 Å². The second-order valence-electron chi connectivity index (χ2n) is 3.88. The second-order valence-corrected chi connectivity index (χ2v) is 6.35. The fourth-order valence-corrected chi connectivity index (χ4v) is 2.21. The van der Waals surface area contributed by atoms with E-state index >= 15 is 0 Å². The molecule has 0 bridgehead atoms. The van der Waals surface area contributed by atoms with Gasteiger partial charge in [0.25, 0.3) is 0 Å². The second kappa shape index (κ2) is 7.19. The Balaban J connectivity index is 3.77. The van der Waals surface area contributed by atoms with Gasteiger partial charge in [0.2, 0.25) is 0 Å². The topological polar surface area (TPSA) is 63.6 Å². The first-order valence-corrected chi connectivity index (χ1v) is 7.12. The lowest BCUT2D eigenvalue weighted by Crippen LogP contribution is -2.22. The van der Waals surface area contributed by atoms with Gasteiger partial charge in [-0.25, -0.2) is 8.42 Å². The average molecular weight is 238 g/mol. The van der Waals surface area contributed by atoms with E-state index in [1.807, 2.05) is 6.92 Å². The number of aliphatic hydroxyl groups is 1. The van der Waals surface area contributed by atoms with Crippen LogP contribution in [0.3, 0.4) is 0 Å². The molecule has 0 saturated heterocycles. The molecule has 1 N–H and O–H groups in total. The molecule has 0 saturated carbocycles. The molecule has 0 amide bonds. The van der Waals surface area contributed by atoms with E-state index < -0.39 is 15.9 Å². The lowest BCUT2D eigenvalue weighted by atomic mass is 10.0. The van der Waals surface area contributed by atoms with Gasteiger partial charge in [-0.2, -0.15) is 0 Å². The zero-order chi connectivity index (χ0) is 11.9. The van der Waals surface area contributed by atoms with Crippen molar-refractivity contribution in [3.05, 3.63) is 0 Å². The van der Waals surface area contributed by atoms with Crippen LogP contribution in [0.4, 0.5) is 0 Å². The van der Waals surface area contributed by atoms with Crippen LogP contribution < -0.4 is 0 Å². The Morgan fingerprint density at radius 2 is 2.00 bits per heavy atom. The molecule has 0 fully saturated rings. The minimum atomic E-state index is -2.90. The van der Waals surface area contributed by atoms with Gasteiger partial charge in [0.05, 0.1) is 18.5 Å². The Morgan fingerprint density at radius 3 is 2.47 bits per heavy atom. The van der Waals surface area contributed by atoms with Crippen LogP contribution in [0.15, 0.2) is 0 Å². The number of rotatable bonds is 8. The summed E-state index contributed by atoms with van der Waals surface area (Å²) in [5, 5.41) is 9.64. The zero-order valence-electron chi connectivity index (χ0n) is 9.77. The molecule has 0 aliphatic heterocycles. The summed E-state index contributed by atoms with van der Waals surface area (Å²) in [4.78, 5) is 0. The van der Waals surface area contributed by atoms with Crippen molar-refractivity contribution in [1.82, 2.24) is 0 Å². The minimum Gasteiger partial charge on any atom is -0.393 e. The number of ether oxygens (including phenoxy) is 1. The SMILES string of the molecule is CCS(=O)(=O)CCCC(O)C(C)COC. The first-order chi connectivity index (χ1) is 6.93. The van der Waals surface area contributed by atoms with Crippen LogP contribution in [0.5, 0.6) is 0 Å². The average Bonchev–Trinajstić information content (AvgIpc) is 2.18. The molecular weight excluding hydrogens is 216 g/mol. The lowest BCUT2D eigenvalue weighted by Gasteiger charge is -2.17. The van der Waals surface area contributed by atoms with Gasteiger partial charge in [0.15, 0.2) is 0 Å². The van der Waals surface area contributed by atoms with Crippen LogP contribution in [0.1, 0.15) is 26.7 Å². The maximum atomic E-state index is 11.2. The predicted octanol–water partition coefficient (Wildman–Crippen LogP) is 0.845. The van der Waals surface area contributed by atoms with Crippen molar-refractivity contribution in [3.8, 4) is 0 Å². The standard InChI is InChI=1S/C10H22O4S/c1-4-15(12,13)7-5-6-10(11)9(2)8-14-3/h9-11H,4-8H2,1-3H3. The summed E-state index contributed by atoms with van der Waals surface area (Å²) < 4.78 is 27.3. The van der Waals surface area contributed by atoms with E-state index in [4.69, 9.17) is 4.74 Å². The molecule has 4 nitrogen and oxygen atoms in total. The van der Waals surface area contributed by atoms with Gasteiger partial charge >= 0.3 is 0 Å². The van der Waals surface area contributed by atoms with Crippen molar-refractivity contribution in [3.63, 3.8) is 0 Å². The highest BCUT2D eigenvalue weighted by Gasteiger charge is 2.15. The zero-order valence-corrected chi connectivity index (χ0v) is 10.6. The maximum Gasteiger partial charge on any atom is 0.150 e. The maximum absolute atomic E-state index is 11.2. The minimum absolute atomic E-state index is 0.0549. The molecule has 2 atom stereocenters. The van der Waals surface area contributed by atoms with Crippen molar-refractivity contribution in [2.24, 2.45) is 5.92 Å². The third-order valence-electron chi connectivity index (χ3n) is 2.48. The number of aliphatic hydroxyl groups excluding tert-OH is 1. The molecule has 0 heterocycles. The van der Waals surface area contributed by atoms with Gasteiger partial charge in [-0.1, -0.05) is 13.8 Å². The molecule has 0 aromatic heterocycles. The summed E-state index contributed by atoms with van der Waals surface area (Å²) >= 11 is 0. The first-order valence-electron chi connectivity index (χ1n) is 5.30. The fourth-order valence-electron chi connectivity index (χ4n) is 1.32. The van der Waals surface area contributed by atoms with Gasteiger partial charge in [0.1, 0.15) is 9.84 Å². The van der Waals surface area contributed by atoms with E-state index in [2.05, 4.69) is 0 Å². The summed E-state index contributed by atoms with van der Waals surface area (Å²) in [5.41, 5.74) is 0. The Labute approximate surface area is 92.6 Å². The molecule has 0 rings (SSSR count). The third kappa shape index (κ3) is 6.87. The Morgan fingerprint density at radius 1 is 1.40 bits per heavy atom. The van der Waals surface area contributed by atoms with E-state index in [9.17, 15) is 13.5 Å². The summed E-state index contributed by atoms with van der Waals surface area (Å²) in [5.74, 6) is 0.399. The Bertz CT molecular complexity index is 248. The van der Waals surface area contributed by atoms with E-state index in [1.54, 1.807) is 14.0 Å². The largest absolute Gasteiger partial charge is 0.393 e. The van der Waals surface area contributed by atoms with E-state index in [1.165, 1.54) is 0 Å². The molecule has 92 valence electrons. The summed E-state index contributed by atoms with van der Waals surface area (Å²) in [6, 6.07) is 0. The van der Waals surface area contributed by atoms with Crippen molar-refractivity contribution in [1.29, 1.82) is 0 Å². The molecule has 0 aromatic rings. The molecule has 0 aliphatic rings. The van der Waals surface area contributed by atoms with E-state index in [0.29, 0.717) is 19.4 Å². The summed E-state index contributed by atoms with van der Waals surface area (Å²) in [7, 11) is -1.31. The van der Waals surface area contributed by atoms with Crippen LogP contribution in [0.25, 0.3) is 0 Å². The molecule has 0 aromatic carbocycles. The van der Waals surface area contributed by atoms with Crippen LogP contribution >= 0.6 is 0 Å². The highest BCUT2D eigenvalue weighted by molar-refractivity contribution is 7.91. The molecule has 0 aliphatic carbocycles. The smallest absolute Gasteiger partial charge is 0.150 e. The summed E-state index contributed by atoms with van der Waals surface area (Å²) in [6.45, 7) is 4.03. The van der Waals surface area contributed by atoms with Gasteiger partial charge in [-0.05, 0) is 12.8 Å². The highest BCUT2D eigenvalue weighted by atomic mass is 32.2. The monoisotopic (exact) mass is 238 g/mol. The number of hydrogen-bond acceptors (Lipinski definition) is 4. The van der Waals surface area contributed by atoms with Gasteiger partial charge in [-0.15, -0.1) is 0 Å². The van der Waals surface area contributed by atoms with Crippen LogP contribution in [0, 0.1) is 5.92 Å². The molecular formula is C10H22O4S. The summed E-state index contributed by atoms with van der Waals surface area (Å²) in [6.07, 6.45) is 0.562. The van der Waals surface area contributed by atoms with Gasteiger partial charge in [0, 0.05) is 18.8 Å². The molecule has 0 radical (unpaired) electrons. The van der Waals surface area contributed by atoms with Crippen molar-refractivity contribution in [2.45, 2.75) is 32.8 Å². The van der Waals surface area contributed by atoms with Crippen LogP contribution in [-0.4, -0.2) is 44.9 Å². The normalized spacial score (nSPS) is 16.3. The van der Waals surface area contributed by atoms with Crippen molar-refractivity contribution >= 4 is 9.84 Å². The molecule has 15 heavy (non-hydrogen) atoms. The van der Waals surface area contributed by atoms with Crippen molar-refractivity contribution < 1.29 is 18.3 Å². The first kappa shape index (κ1) is 14.9. The van der Waals surface area contributed by atoms with Crippen LogP contribution in [0.2, 0.25) is 0 Å². The van der Waals surface area contributed by atoms with Gasteiger partial charge in [-0.3, -0.25) is 0 Å². The Kier molecular flexibility index (Phi) is 7.13. The van der Waals surface area contributed by atoms with Crippen molar-refractivity contribution in [2.75, 3.05) is 25.2 Å². The number of sulfone groups is 1. The third-order valence-corrected chi connectivity index (χ3v) is 4.27. The van der Waals surface area contributed by atoms with E-state index in [0.717, 1.165) is 0 Å². The molecule has 2 unspecified atom stereocenters. The van der Waals surface area contributed by atoms with Crippen LogP contribution in [-0.2, 0) is 14.6 Å². The fraction of sp³-hybridized carbons (Fsp3) is 1.00. The van der Waals surface area contributed by atoms with E-state index in [-0.39, 0.29) is 17.4 Å². The Hall–Kier alpha value is -0.130. The number of methoxy groups -OCH3 is 1. The molecule has 0 spiro atoms. The lowest BCUT2D eigenvalue weighted by molar-refractivity contribution is 0.0517. The quantitative estimate of drug-likeness (QED) is 0.681. The predicted molar refractivity (Wildman–Crippen MR) is 60.6 cm³/mol. The number of hydrogen-bond donors (Lipinski definition) is 1.